The summed E-state index contributed by atoms with van der Waals surface area (Å²) in [5, 5.41) is 23.3. The van der Waals surface area contributed by atoms with E-state index in [1.165, 1.54) is 57.4 Å². The number of ether oxygens (including phenoxy) is 2. The van der Waals surface area contributed by atoms with Gasteiger partial charge in [0.1, 0.15) is 17.5 Å². The number of halogens is 3. The van der Waals surface area contributed by atoms with E-state index in [4.69, 9.17) is 20.3 Å². The van der Waals surface area contributed by atoms with Crippen LogP contribution < -0.4 is 25.8 Å². The lowest BCUT2D eigenvalue weighted by Gasteiger charge is -2.31. The smallest absolute Gasteiger partial charge is 0.416 e. The van der Waals surface area contributed by atoms with Crippen LogP contribution in [0.2, 0.25) is 0 Å². The Kier molecular flexibility index (Phi) is 11.1. The van der Waals surface area contributed by atoms with Crippen LogP contribution >= 0.6 is 0 Å². The van der Waals surface area contributed by atoms with Gasteiger partial charge in [0, 0.05) is 0 Å². The SMILES string of the molecule is COc1ccc([C@H](NC(=O)[C@@H](N)Cc2cccc(OCC(=O)O)c2)C(=O)N[C@@H](C(C)C)[C@H](O)C(F)(F)F)cc1. The van der Waals surface area contributed by atoms with E-state index < -0.39 is 60.7 Å². The number of methoxy groups -OCH3 is 1. The predicted molar refractivity (Wildman–Crippen MR) is 134 cm³/mol. The highest BCUT2D eigenvalue weighted by Gasteiger charge is 2.45. The van der Waals surface area contributed by atoms with Crippen molar-refractivity contribution in [2.24, 2.45) is 11.7 Å². The second kappa shape index (κ2) is 13.8. The number of hydrogen-bond donors (Lipinski definition) is 5. The Labute approximate surface area is 223 Å². The number of aliphatic hydroxyl groups is 1. The zero-order chi connectivity index (χ0) is 29.3. The maximum Gasteiger partial charge on any atom is 0.416 e. The maximum absolute atomic E-state index is 13.2. The average molecular weight is 556 g/mol. The number of amides is 2. The Hall–Kier alpha value is -3.84. The van der Waals surface area contributed by atoms with Gasteiger partial charge in [-0.3, -0.25) is 9.59 Å². The molecule has 2 aromatic carbocycles. The van der Waals surface area contributed by atoms with Crippen LogP contribution in [-0.2, 0) is 20.8 Å². The Morgan fingerprint density at radius 1 is 1.00 bits per heavy atom. The number of nitrogens with one attached hydrogen (secondary N) is 2. The summed E-state index contributed by atoms with van der Waals surface area (Å²) in [5.41, 5.74) is 6.84. The fourth-order valence-corrected chi connectivity index (χ4v) is 3.66. The Bertz CT molecular complexity index is 1130. The zero-order valence-corrected chi connectivity index (χ0v) is 21.6. The summed E-state index contributed by atoms with van der Waals surface area (Å²) in [4.78, 5) is 36.9. The number of nitrogens with two attached hydrogens (primary N) is 1. The van der Waals surface area contributed by atoms with E-state index in [2.05, 4.69) is 10.6 Å². The lowest BCUT2D eigenvalue weighted by atomic mass is 9.96. The molecule has 2 rings (SSSR count). The standard InChI is InChI=1S/C26H32F3N3O7/c1-14(2)21(23(35)26(27,28)29)31-25(37)22(16-7-9-17(38-3)10-8-16)32-24(36)19(30)12-15-5-4-6-18(11-15)39-13-20(33)34/h4-11,14,19,21-23,35H,12-13,30H2,1-3H3,(H,31,37)(H,32,36)(H,33,34)/t19-,21-,22-,23-/m0/s1. The van der Waals surface area contributed by atoms with Crippen LogP contribution in [0.15, 0.2) is 48.5 Å². The number of carbonyl (C=O) groups is 3. The van der Waals surface area contributed by atoms with Crippen molar-refractivity contribution in [3.05, 3.63) is 59.7 Å². The van der Waals surface area contributed by atoms with E-state index >= 15 is 0 Å². The molecule has 0 spiro atoms. The molecule has 0 aliphatic carbocycles. The van der Waals surface area contributed by atoms with Gasteiger partial charge in [0.05, 0.1) is 19.2 Å². The first-order chi connectivity index (χ1) is 18.2. The molecule has 0 aliphatic heterocycles. The van der Waals surface area contributed by atoms with Crippen LogP contribution in [0.1, 0.15) is 31.0 Å². The number of aliphatic carboxylic acids is 1. The number of alkyl halides is 3. The molecular formula is C26H32F3N3O7. The van der Waals surface area contributed by atoms with E-state index in [0.29, 0.717) is 11.3 Å². The van der Waals surface area contributed by atoms with Crippen molar-refractivity contribution in [1.29, 1.82) is 0 Å². The number of carboxylic acids is 1. The molecule has 0 aliphatic rings. The summed E-state index contributed by atoms with van der Waals surface area (Å²) in [5.74, 6) is -3.02. The van der Waals surface area contributed by atoms with E-state index in [1.807, 2.05) is 0 Å². The van der Waals surface area contributed by atoms with Crippen LogP contribution in [0.4, 0.5) is 13.2 Å². The van der Waals surface area contributed by atoms with Crippen molar-refractivity contribution >= 4 is 17.8 Å². The lowest BCUT2D eigenvalue weighted by molar-refractivity contribution is -0.215. The van der Waals surface area contributed by atoms with E-state index in [9.17, 15) is 32.7 Å². The van der Waals surface area contributed by atoms with Gasteiger partial charge < -0.3 is 36.1 Å². The molecule has 13 heteroatoms. The van der Waals surface area contributed by atoms with Gasteiger partial charge in [-0.15, -0.1) is 0 Å². The van der Waals surface area contributed by atoms with E-state index in [1.54, 1.807) is 12.1 Å². The number of benzene rings is 2. The first-order valence-electron chi connectivity index (χ1n) is 11.9. The van der Waals surface area contributed by atoms with Crippen molar-refractivity contribution in [2.75, 3.05) is 13.7 Å². The summed E-state index contributed by atoms with van der Waals surface area (Å²) in [6, 6.07) is 7.89. The largest absolute Gasteiger partial charge is 0.497 e. The molecule has 0 heterocycles. The highest BCUT2D eigenvalue weighted by atomic mass is 19.4. The van der Waals surface area contributed by atoms with Crippen molar-refractivity contribution in [2.45, 2.75) is 50.7 Å². The fourth-order valence-electron chi connectivity index (χ4n) is 3.66. The third-order valence-corrected chi connectivity index (χ3v) is 5.75. The van der Waals surface area contributed by atoms with Crippen molar-refractivity contribution in [1.82, 2.24) is 10.6 Å². The number of hydrogen-bond acceptors (Lipinski definition) is 7. The molecule has 0 radical (unpaired) electrons. The highest BCUT2D eigenvalue weighted by molar-refractivity contribution is 5.90. The number of aliphatic hydroxyl groups excluding tert-OH is 1. The summed E-state index contributed by atoms with van der Waals surface area (Å²) < 4.78 is 49.9. The van der Waals surface area contributed by atoms with Crippen LogP contribution in [0, 0.1) is 5.92 Å². The Morgan fingerprint density at radius 3 is 2.18 bits per heavy atom. The molecule has 2 aromatic rings. The second-order valence-corrected chi connectivity index (χ2v) is 9.12. The summed E-state index contributed by atoms with van der Waals surface area (Å²) in [7, 11) is 1.42. The average Bonchev–Trinajstić information content (AvgIpc) is 2.88. The number of carboxylic acid groups (broad SMARTS) is 1. The van der Waals surface area contributed by atoms with Gasteiger partial charge in [0.15, 0.2) is 12.7 Å². The Morgan fingerprint density at radius 2 is 1.64 bits per heavy atom. The number of rotatable bonds is 13. The summed E-state index contributed by atoms with van der Waals surface area (Å²) in [6.07, 6.45) is -7.83. The minimum atomic E-state index is -4.98. The van der Waals surface area contributed by atoms with Gasteiger partial charge in [-0.1, -0.05) is 38.1 Å². The summed E-state index contributed by atoms with van der Waals surface area (Å²) >= 11 is 0. The van der Waals surface area contributed by atoms with Gasteiger partial charge in [-0.2, -0.15) is 13.2 Å². The van der Waals surface area contributed by atoms with Crippen molar-refractivity contribution < 1.29 is 47.2 Å². The predicted octanol–water partition coefficient (Wildman–Crippen LogP) is 1.95. The highest BCUT2D eigenvalue weighted by Crippen LogP contribution is 2.26. The molecule has 0 fully saturated rings. The normalized spacial score (nSPS) is 14.6. The van der Waals surface area contributed by atoms with E-state index in [0.717, 1.165) is 0 Å². The number of carbonyl (C=O) groups excluding carboxylic acids is 2. The zero-order valence-electron chi connectivity index (χ0n) is 21.6. The molecule has 6 N–H and O–H groups in total. The molecule has 2 amide bonds. The lowest BCUT2D eigenvalue weighted by Crippen LogP contribution is -2.56. The molecule has 0 aromatic heterocycles. The van der Waals surface area contributed by atoms with Gasteiger partial charge >= 0.3 is 12.1 Å². The van der Waals surface area contributed by atoms with Crippen LogP contribution in [-0.4, -0.2) is 66.1 Å². The Balaban J connectivity index is 2.25. The van der Waals surface area contributed by atoms with E-state index in [-0.39, 0.29) is 17.7 Å². The van der Waals surface area contributed by atoms with Crippen molar-refractivity contribution in [3.8, 4) is 11.5 Å². The van der Waals surface area contributed by atoms with Gasteiger partial charge in [0.25, 0.3) is 0 Å². The quantitative estimate of drug-likeness (QED) is 0.251. The van der Waals surface area contributed by atoms with Crippen molar-refractivity contribution in [3.63, 3.8) is 0 Å². The molecule has 4 atom stereocenters. The maximum atomic E-state index is 13.2. The fraction of sp³-hybridized carbons (Fsp3) is 0.423. The first-order valence-corrected chi connectivity index (χ1v) is 11.9. The molecule has 39 heavy (non-hydrogen) atoms. The van der Waals surface area contributed by atoms with Gasteiger partial charge in [-0.05, 0) is 47.7 Å². The molecule has 0 saturated heterocycles. The monoisotopic (exact) mass is 555 g/mol. The minimum Gasteiger partial charge on any atom is -0.497 e. The molecule has 10 nitrogen and oxygen atoms in total. The van der Waals surface area contributed by atoms with Crippen LogP contribution in [0.25, 0.3) is 0 Å². The second-order valence-electron chi connectivity index (χ2n) is 9.12. The third kappa shape index (κ3) is 9.45. The molecule has 0 unspecified atom stereocenters. The summed E-state index contributed by atoms with van der Waals surface area (Å²) in [6.45, 7) is 2.26. The van der Waals surface area contributed by atoms with Gasteiger partial charge in [-0.25, -0.2) is 4.79 Å². The topological polar surface area (TPSA) is 160 Å². The molecule has 0 saturated carbocycles. The van der Waals surface area contributed by atoms with Crippen LogP contribution in [0.5, 0.6) is 11.5 Å². The first kappa shape index (κ1) is 31.4. The third-order valence-electron chi connectivity index (χ3n) is 5.75. The molecule has 0 bridgehead atoms. The van der Waals surface area contributed by atoms with Gasteiger partial charge in [0.2, 0.25) is 11.8 Å². The molecule has 214 valence electrons. The van der Waals surface area contributed by atoms with Crippen LogP contribution in [0.3, 0.4) is 0 Å². The molecular weight excluding hydrogens is 523 g/mol. The minimum absolute atomic E-state index is 0.0194.